The van der Waals surface area contributed by atoms with Crippen molar-refractivity contribution in [1.82, 2.24) is 0 Å². The molecule has 0 fully saturated rings. The van der Waals surface area contributed by atoms with Crippen LogP contribution in [-0.4, -0.2) is 6.61 Å². The fraction of sp³-hybridized carbons (Fsp3) is 0.538. The summed E-state index contributed by atoms with van der Waals surface area (Å²) in [4.78, 5) is 0. The first-order valence-corrected chi connectivity index (χ1v) is 5.50. The Morgan fingerprint density at radius 2 is 2.21 bits per heavy atom. The number of aryl methyl sites for hydroxylation is 1. The second-order valence-corrected chi connectivity index (χ2v) is 4.49. The van der Waals surface area contributed by atoms with Gasteiger partial charge in [0.15, 0.2) is 0 Å². The van der Waals surface area contributed by atoms with E-state index in [0.717, 1.165) is 24.7 Å². The maximum absolute atomic E-state index is 5.58. The van der Waals surface area contributed by atoms with Crippen molar-refractivity contribution in [3.63, 3.8) is 0 Å². The average molecular weight is 190 g/mol. The molecule has 0 radical (unpaired) electrons. The van der Waals surface area contributed by atoms with E-state index in [1.807, 2.05) is 0 Å². The van der Waals surface area contributed by atoms with Crippen LogP contribution in [0.15, 0.2) is 18.2 Å². The van der Waals surface area contributed by atoms with Crippen LogP contribution >= 0.6 is 0 Å². The summed E-state index contributed by atoms with van der Waals surface area (Å²) >= 11 is 0. The van der Waals surface area contributed by atoms with Crippen LogP contribution in [0.1, 0.15) is 31.4 Å². The third-order valence-electron chi connectivity index (χ3n) is 2.62. The first kappa shape index (κ1) is 9.57. The third-order valence-corrected chi connectivity index (χ3v) is 2.62. The van der Waals surface area contributed by atoms with Gasteiger partial charge in [-0.2, -0.15) is 0 Å². The molecule has 76 valence electrons. The van der Waals surface area contributed by atoms with Crippen molar-refractivity contribution in [1.29, 1.82) is 0 Å². The van der Waals surface area contributed by atoms with E-state index in [1.54, 1.807) is 0 Å². The first-order valence-electron chi connectivity index (χ1n) is 5.50. The molecular weight excluding hydrogens is 172 g/mol. The summed E-state index contributed by atoms with van der Waals surface area (Å²) in [6.07, 6.45) is 3.52. The predicted octanol–water partition coefficient (Wildman–Crippen LogP) is 3.21. The molecule has 1 aromatic carbocycles. The molecule has 0 spiro atoms. The Hall–Kier alpha value is -0.980. The van der Waals surface area contributed by atoms with Crippen molar-refractivity contribution in [2.45, 2.75) is 33.1 Å². The summed E-state index contributed by atoms with van der Waals surface area (Å²) < 4.78 is 5.58. The van der Waals surface area contributed by atoms with Crippen LogP contribution in [0.4, 0.5) is 0 Å². The molecule has 0 bridgehead atoms. The topological polar surface area (TPSA) is 9.23 Å². The minimum absolute atomic E-state index is 0.734. The number of fused-ring (bicyclic) bond motifs is 1. The molecule has 1 heterocycles. The highest BCUT2D eigenvalue weighted by atomic mass is 16.5. The summed E-state index contributed by atoms with van der Waals surface area (Å²) in [6, 6.07) is 6.64. The zero-order valence-electron chi connectivity index (χ0n) is 9.05. The molecule has 0 unspecified atom stereocenters. The smallest absolute Gasteiger partial charge is 0.122 e. The Bertz CT molecular complexity index is 315. The molecule has 1 nitrogen and oxygen atoms in total. The molecule has 0 saturated carbocycles. The number of rotatable bonds is 2. The van der Waals surface area contributed by atoms with Crippen LogP contribution in [0.5, 0.6) is 5.75 Å². The normalized spacial score (nSPS) is 15.1. The number of benzene rings is 1. The van der Waals surface area contributed by atoms with Gasteiger partial charge in [0.1, 0.15) is 5.75 Å². The van der Waals surface area contributed by atoms with Gasteiger partial charge in [0, 0.05) is 0 Å². The maximum atomic E-state index is 5.58. The SMILES string of the molecule is CC(C)Cc1ccc2c(c1)CCCO2. The van der Waals surface area contributed by atoms with E-state index in [4.69, 9.17) is 4.74 Å². The van der Waals surface area contributed by atoms with Crippen LogP contribution in [0.2, 0.25) is 0 Å². The molecule has 0 amide bonds. The molecule has 1 heteroatoms. The van der Waals surface area contributed by atoms with E-state index >= 15 is 0 Å². The third kappa shape index (κ3) is 2.09. The van der Waals surface area contributed by atoms with Crippen molar-refractivity contribution < 1.29 is 4.74 Å². The van der Waals surface area contributed by atoms with Crippen molar-refractivity contribution in [3.8, 4) is 5.75 Å². The predicted molar refractivity (Wildman–Crippen MR) is 58.8 cm³/mol. The van der Waals surface area contributed by atoms with E-state index in [9.17, 15) is 0 Å². The number of ether oxygens (including phenoxy) is 1. The van der Waals surface area contributed by atoms with Gasteiger partial charge in [-0.25, -0.2) is 0 Å². The summed E-state index contributed by atoms with van der Waals surface area (Å²) in [5.41, 5.74) is 2.85. The molecule has 1 aliphatic rings. The van der Waals surface area contributed by atoms with Crippen LogP contribution in [0, 0.1) is 5.92 Å². The number of hydrogen-bond donors (Lipinski definition) is 0. The molecular formula is C13H18O. The van der Waals surface area contributed by atoms with Crippen LogP contribution < -0.4 is 4.74 Å². The molecule has 0 N–H and O–H groups in total. The van der Waals surface area contributed by atoms with Crippen LogP contribution in [0.3, 0.4) is 0 Å². The molecule has 14 heavy (non-hydrogen) atoms. The largest absolute Gasteiger partial charge is 0.493 e. The zero-order valence-corrected chi connectivity index (χ0v) is 9.05. The Kier molecular flexibility index (Phi) is 2.76. The summed E-state index contributed by atoms with van der Waals surface area (Å²) in [5.74, 6) is 1.83. The second-order valence-electron chi connectivity index (χ2n) is 4.49. The fourth-order valence-electron chi connectivity index (χ4n) is 2.01. The minimum Gasteiger partial charge on any atom is -0.493 e. The van der Waals surface area contributed by atoms with Gasteiger partial charge in [-0.15, -0.1) is 0 Å². The standard InChI is InChI=1S/C13H18O/c1-10(2)8-11-5-6-13-12(9-11)4-3-7-14-13/h5-6,9-10H,3-4,7-8H2,1-2H3. The lowest BCUT2D eigenvalue weighted by Gasteiger charge is -2.18. The monoisotopic (exact) mass is 190 g/mol. The molecule has 1 aromatic rings. The summed E-state index contributed by atoms with van der Waals surface area (Å²) in [6.45, 7) is 5.41. The summed E-state index contributed by atoms with van der Waals surface area (Å²) in [7, 11) is 0. The van der Waals surface area contributed by atoms with Crippen LogP contribution in [-0.2, 0) is 12.8 Å². The highest BCUT2D eigenvalue weighted by molar-refractivity contribution is 5.38. The lowest BCUT2D eigenvalue weighted by Crippen LogP contribution is -2.08. The molecule has 0 aliphatic carbocycles. The Balaban J connectivity index is 2.20. The minimum atomic E-state index is 0.734. The van der Waals surface area contributed by atoms with Crippen molar-refractivity contribution in [2.24, 2.45) is 5.92 Å². The fourth-order valence-corrected chi connectivity index (χ4v) is 2.01. The van der Waals surface area contributed by atoms with Gasteiger partial charge >= 0.3 is 0 Å². The van der Waals surface area contributed by atoms with E-state index in [0.29, 0.717) is 0 Å². The maximum Gasteiger partial charge on any atom is 0.122 e. The van der Waals surface area contributed by atoms with Gasteiger partial charge in [0.05, 0.1) is 6.61 Å². The van der Waals surface area contributed by atoms with E-state index < -0.39 is 0 Å². The van der Waals surface area contributed by atoms with Crippen LogP contribution in [0.25, 0.3) is 0 Å². The summed E-state index contributed by atoms with van der Waals surface area (Å²) in [5, 5.41) is 0. The molecule has 2 rings (SSSR count). The van der Waals surface area contributed by atoms with Gasteiger partial charge in [-0.05, 0) is 42.4 Å². The van der Waals surface area contributed by atoms with Gasteiger partial charge < -0.3 is 4.74 Å². The van der Waals surface area contributed by atoms with E-state index in [-0.39, 0.29) is 0 Å². The molecule has 0 aromatic heterocycles. The van der Waals surface area contributed by atoms with Gasteiger partial charge in [-0.3, -0.25) is 0 Å². The Labute approximate surface area is 86.1 Å². The van der Waals surface area contributed by atoms with Gasteiger partial charge in [0.2, 0.25) is 0 Å². The lowest BCUT2D eigenvalue weighted by atomic mass is 9.98. The average Bonchev–Trinajstić information content (AvgIpc) is 2.17. The van der Waals surface area contributed by atoms with E-state index in [2.05, 4.69) is 32.0 Å². The van der Waals surface area contributed by atoms with E-state index in [1.165, 1.54) is 24.0 Å². The molecule has 0 atom stereocenters. The molecule has 0 saturated heterocycles. The Morgan fingerprint density at radius 3 is 3.00 bits per heavy atom. The number of hydrogen-bond acceptors (Lipinski definition) is 1. The van der Waals surface area contributed by atoms with Gasteiger partial charge in [0.25, 0.3) is 0 Å². The van der Waals surface area contributed by atoms with Crippen molar-refractivity contribution >= 4 is 0 Å². The zero-order chi connectivity index (χ0) is 9.97. The highest BCUT2D eigenvalue weighted by Crippen LogP contribution is 2.26. The van der Waals surface area contributed by atoms with Gasteiger partial charge in [-0.1, -0.05) is 26.0 Å². The molecule has 1 aliphatic heterocycles. The van der Waals surface area contributed by atoms with Crippen molar-refractivity contribution in [3.05, 3.63) is 29.3 Å². The first-order chi connectivity index (χ1) is 6.75. The Morgan fingerprint density at radius 1 is 1.36 bits per heavy atom. The second kappa shape index (κ2) is 4.04. The highest BCUT2D eigenvalue weighted by Gasteiger charge is 2.10. The quantitative estimate of drug-likeness (QED) is 0.695. The van der Waals surface area contributed by atoms with Crippen molar-refractivity contribution in [2.75, 3.05) is 6.61 Å². The lowest BCUT2D eigenvalue weighted by molar-refractivity contribution is 0.288.